The summed E-state index contributed by atoms with van der Waals surface area (Å²) < 4.78 is 13.4. The van der Waals surface area contributed by atoms with Crippen LogP contribution in [0.15, 0.2) is 24.3 Å². The normalized spacial score (nSPS) is 17.8. The van der Waals surface area contributed by atoms with E-state index in [0.29, 0.717) is 5.92 Å². The highest BCUT2D eigenvalue weighted by molar-refractivity contribution is 5.89. The molecule has 0 aromatic heterocycles. The Bertz CT molecular complexity index is 432. The Morgan fingerprint density at radius 2 is 2.05 bits per heavy atom. The first kappa shape index (κ1) is 13.8. The lowest BCUT2D eigenvalue weighted by Crippen LogP contribution is -2.44. The Hall–Kier alpha value is -1.62. The van der Waals surface area contributed by atoms with Crippen LogP contribution in [0.1, 0.15) is 19.8 Å². The lowest BCUT2D eigenvalue weighted by molar-refractivity contribution is 0.237. The number of anilines is 1. The van der Waals surface area contributed by atoms with Crippen molar-refractivity contribution in [3.63, 3.8) is 0 Å². The second kappa shape index (κ2) is 6.52. The second-order valence-corrected chi connectivity index (χ2v) is 4.95. The van der Waals surface area contributed by atoms with Crippen molar-refractivity contribution in [3.05, 3.63) is 30.1 Å². The van der Waals surface area contributed by atoms with Crippen molar-refractivity contribution in [2.45, 2.75) is 25.8 Å². The van der Waals surface area contributed by atoms with Crippen LogP contribution in [-0.4, -0.2) is 25.2 Å². The zero-order valence-electron chi connectivity index (χ0n) is 11.1. The molecule has 0 radical (unpaired) electrons. The lowest BCUT2D eigenvalue weighted by atomic mass is 9.91. The predicted molar refractivity (Wildman–Crippen MR) is 73.6 cm³/mol. The average molecular weight is 265 g/mol. The number of hydrogen-bond donors (Lipinski definition) is 3. The van der Waals surface area contributed by atoms with E-state index >= 15 is 0 Å². The summed E-state index contributed by atoms with van der Waals surface area (Å²) in [6.07, 6.45) is 2.11. The van der Waals surface area contributed by atoms with Crippen LogP contribution in [0.25, 0.3) is 0 Å². The van der Waals surface area contributed by atoms with Crippen molar-refractivity contribution in [2.75, 3.05) is 18.4 Å². The van der Waals surface area contributed by atoms with Crippen molar-refractivity contribution in [2.24, 2.45) is 5.92 Å². The number of urea groups is 1. The molecule has 0 aliphatic carbocycles. The minimum atomic E-state index is -0.424. The number of hydrogen-bond acceptors (Lipinski definition) is 2. The van der Waals surface area contributed by atoms with Gasteiger partial charge in [0.1, 0.15) is 5.82 Å². The summed E-state index contributed by atoms with van der Waals surface area (Å²) >= 11 is 0. The van der Waals surface area contributed by atoms with Crippen molar-refractivity contribution in [3.8, 4) is 0 Å². The number of nitrogens with one attached hydrogen (secondary N) is 3. The van der Waals surface area contributed by atoms with Gasteiger partial charge in [-0.15, -0.1) is 0 Å². The lowest BCUT2D eigenvalue weighted by Gasteiger charge is -2.28. The fraction of sp³-hybridized carbons (Fsp3) is 0.500. The van der Waals surface area contributed by atoms with E-state index in [2.05, 4.69) is 16.0 Å². The summed E-state index contributed by atoms with van der Waals surface area (Å²) in [5.41, 5.74) is 0.206. The SMILES string of the molecule is CC(NC(=O)Nc1ccccc1F)C1CCNCC1. The van der Waals surface area contributed by atoms with Crippen LogP contribution in [0.4, 0.5) is 14.9 Å². The van der Waals surface area contributed by atoms with Gasteiger partial charge in [-0.1, -0.05) is 12.1 Å². The molecule has 1 aromatic rings. The van der Waals surface area contributed by atoms with Gasteiger partial charge in [-0.25, -0.2) is 9.18 Å². The quantitative estimate of drug-likeness (QED) is 0.785. The number of amides is 2. The monoisotopic (exact) mass is 265 g/mol. The number of halogens is 1. The Balaban J connectivity index is 1.85. The maximum atomic E-state index is 13.4. The van der Waals surface area contributed by atoms with Gasteiger partial charge in [0.25, 0.3) is 0 Å². The highest BCUT2D eigenvalue weighted by Crippen LogP contribution is 2.16. The van der Waals surface area contributed by atoms with Gasteiger partial charge in [0.2, 0.25) is 0 Å². The molecular weight excluding hydrogens is 245 g/mol. The summed E-state index contributed by atoms with van der Waals surface area (Å²) in [5, 5.41) is 8.71. The topological polar surface area (TPSA) is 53.2 Å². The van der Waals surface area contributed by atoms with Gasteiger partial charge >= 0.3 is 6.03 Å². The molecule has 1 aliphatic rings. The molecule has 0 spiro atoms. The molecule has 5 heteroatoms. The van der Waals surface area contributed by atoms with Gasteiger partial charge in [-0.3, -0.25) is 0 Å². The first-order valence-corrected chi connectivity index (χ1v) is 6.69. The summed E-state index contributed by atoms with van der Waals surface area (Å²) in [7, 11) is 0. The zero-order chi connectivity index (χ0) is 13.7. The smallest absolute Gasteiger partial charge is 0.319 e. The molecule has 3 N–H and O–H groups in total. The van der Waals surface area contributed by atoms with E-state index in [4.69, 9.17) is 0 Å². The standard InChI is InChI=1S/C14H20FN3O/c1-10(11-6-8-16-9-7-11)17-14(19)18-13-5-3-2-4-12(13)15/h2-5,10-11,16H,6-9H2,1H3,(H2,17,18,19). The van der Waals surface area contributed by atoms with Crippen LogP contribution >= 0.6 is 0 Å². The van der Waals surface area contributed by atoms with E-state index in [9.17, 15) is 9.18 Å². The predicted octanol–water partition coefficient (Wildman–Crippen LogP) is 2.34. The molecule has 4 nitrogen and oxygen atoms in total. The maximum absolute atomic E-state index is 13.4. The first-order valence-electron chi connectivity index (χ1n) is 6.69. The molecule has 0 bridgehead atoms. The van der Waals surface area contributed by atoms with Gasteiger partial charge in [-0.2, -0.15) is 0 Å². The molecule has 104 valence electrons. The highest BCUT2D eigenvalue weighted by Gasteiger charge is 2.21. The van der Waals surface area contributed by atoms with Crippen molar-refractivity contribution < 1.29 is 9.18 Å². The van der Waals surface area contributed by atoms with Gasteiger partial charge in [0, 0.05) is 6.04 Å². The van der Waals surface area contributed by atoms with E-state index < -0.39 is 5.82 Å². The fourth-order valence-corrected chi connectivity index (χ4v) is 2.39. The Labute approximate surface area is 112 Å². The molecule has 2 rings (SSSR count). The Morgan fingerprint density at radius 1 is 1.37 bits per heavy atom. The number of piperidine rings is 1. The number of carbonyl (C=O) groups excluding carboxylic acids is 1. The summed E-state index contributed by atoms with van der Waals surface area (Å²) in [6, 6.07) is 5.89. The first-order chi connectivity index (χ1) is 9.16. The zero-order valence-corrected chi connectivity index (χ0v) is 11.1. The maximum Gasteiger partial charge on any atom is 0.319 e. The molecule has 1 aliphatic heterocycles. The molecule has 1 heterocycles. The van der Waals surface area contributed by atoms with Crippen molar-refractivity contribution in [1.82, 2.24) is 10.6 Å². The third-order valence-electron chi connectivity index (χ3n) is 3.57. The third-order valence-corrected chi connectivity index (χ3v) is 3.57. The van der Waals surface area contributed by atoms with E-state index in [1.807, 2.05) is 6.92 Å². The summed E-state index contributed by atoms with van der Waals surface area (Å²) in [4.78, 5) is 11.8. The molecule has 1 atom stereocenters. The van der Waals surface area contributed by atoms with Crippen LogP contribution < -0.4 is 16.0 Å². The third kappa shape index (κ3) is 3.92. The molecule has 0 saturated carbocycles. The van der Waals surface area contributed by atoms with Crippen molar-refractivity contribution in [1.29, 1.82) is 0 Å². The summed E-state index contributed by atoms with van der Waals surface area (Å²) in [6.45, 7) is 3.98. The molecule has 1 saturated heterocycles. The van der Waals surface area contributed by atoms with E-state index in [-0.39, 0.29) is 17.8 Å². The summed E-state index contributed by atoms with van der Waals surface area (Å²) in [5.74, 6) is 0.0554. The molecule has 1 fully saturated rings. The van der Waals surface area contributed by atoms with Crippen LogP contribution in [-0.2, 0) is 0 Å². The number of para-hydroxylation sites is 1. The molecule has 19 heavy (non-hydrogen) atoms. The van der Waals surface area contributed by atoms with Crippen molar-refractivity contribution >= 4 is 11.7 Å². The number of carbonyl (C=O) groups is 1. The Kier molecular flexibility index (Phi) is 4.74. The average Bonchev–Trinajstić information content (AvgIpc) is 2.42. The van der Waals surface area contributed by atoms with Gasteiger partial charge in [-0.05, 0) is 50.9 Å². The largest absolute Gasteiger partial charge is 0.335 e. The van der Waals surface area contributed by atoms with E-state index in [1.165, 1.54) is 6.07 Å². The minimum absolute atomic E-state index is 0.0915. The van der Waals surface area contributed by atoms with Gasteiger partial charge < -0.3 is 16.0 Å². The number of rotatable bonds is 3. The van der Waals surface area contributed by atoms with Gasteiger partial charge in [0.05, 0.1) is 5.69 Å². The second-order valence-electron chi connectivity index (χ2n) is 4.95. The van der Waals surface area contributed by atoms with Crippen LogP contribution in [0.3, 0.4) is 0 Å². The highest BCUT2D eigenvalue weighted by atomic mass is 19.1. The van der Waals surface area contributed by atoms with Gasteiger partial charge in [0.15, 0.2) is 0 Å². The Morgan fingerprint density at radius 3 is 2.74 bits per heavy atom. The van der Waals surface area contributed by atoms with Crippen LogP contribution in [0.5, 0.6) is 0 Å². The number of benzene rings is 1. The fourth-order valence-electron chi connectivity index (χ4n) is 2.39. The van der Waals surface area contributed by atoms with E-state index in [1.54, 1.807) is 18.2 Å². The molecular formula is C14H20FN3O. The minimum Gasteiger partial charge on any atom is -0.335 e. The molecule has 1 aromatic carbocycles. The van der Waals surface area contributed by atoms with Crippen LogP contribution in [0.2, 0.25) is 0 Å². The van der Waals surface area contributed by atoms with E-state index in [0.717, 1.165) is 25.9 Å². The molecule has 2 amide bonds. The molecule has 1 unspecified atom stereocenters. The van der Waals surface area contributed by atoms with Crippen LogP contribution in [0, 0.1) is 11.7 Å².